The molecule has 1 fully saturated rings. The summed E-state index contributed by atoms with van der Waals surface area (Å²) in [6, 6.07) is 1.89. The lowest BCUT2D eigenvalue weighted by atomic mass is 9.99. The van der Waals surface area contributed by atoms with E-state index in [9.17, 15) is 4.79 Å². The minimum atomic E-state index is 0.0180. The molecule has 118 valence electrons. The first-order valence-corrected chi connectivity index (χ1v) is 8.03. The molecule has 0 spiro atoms. The maximum atomic E-state index is 11.9. The number of halogens is 1. The number of piperidine rings is 1. The molecule has 3 rings (SSSR count). The molecule has 0 aromatic carbocycles. The number of pyridine rings is 1. The number of imidazole rings is 1. The molecule has 5 nitrogen and oxygen atoms in total. The summed E-state index contributed by atoms with van der Waals surface area (Å²) >= 11 is 6.13. The van der Waals surface area contributed by atoms with Gasteiger partial charge in [0.25, 0.3) is 5.56 Å². The third-order valence-corrected chi connectivity index (χ3v) is 4.40. The van der Waals surface area contributed by atoms with Crippen LogP contribution in [-0.4, -0.2) is 27.2 Å². The zero-order valence-electron chi connectivity index (χ0n) is 13.0. The van der Waals surface area contributed by atoms with Gasteiger partial charge in [-0.3, -0.25) is 4.79 Å². The molecule has 3 heterocycles. The number of hydrogen-bond donors (Lipinski definition) is 1. The van der Waals surface area contributed by atoms with Crippen LogP contribution in [-0.2, 0) is 13.6 Å². The van der Waals surface area contributed by atoms with E-state index in [-0.39, 0.29) is 5.56 Å². The minimum absolute atomic E-state index is 0.0180. The second-order valence-electron chi connectivity index (χ2n) is 6.08. The first-order chi connectivity index (χ1) is 10.5. The lowest BCUT2D eigenvalue weighted by molar-refractivity contribution is 0.338. The monoisotopic (exact) mass is 320 g/mol. The Labute approximate surface area is 134 Å². The van der Waals surface area contributed by atoms with E-state index in [0.29, 0.717) is 16.6 Å². The van der Waals surface area contributed by atoms with Gasteiger partial charge in [0.15, 0.2) is 0 Å². The van der Waals surface area contributed by atoms with Gasteiger partial charge in [0.05, 0.1) is 0 Å². The van der Waals surface area contributed by atoms with Crippen LogP contribution in [0.1, 0.15) is 18.4 Å². The average molecular weight is 321 g/mol. The highest BCUT2D eigenvalue weighted by molar-refractivity contribution is 6.29. The molecule has 0 radical (unpaired) electrons. The molecular formula is C16H21ClN4O. The molecule has 1 N–H and O–H groups in total. The third-order valence-electron chi connectivity index (χ3n) is 4.22. The number of rotatable bonds is 3. The van der Waals surface area contributed by atoms with E-state index in [4.69, 9.17) is 11.6 Å². The smallest absolute Gasteiger partial charge is 0.253 e. The highest BCUT2D eigenvalue weighted by atomic mass is 35.5. The van der Waals surface area contributed by atoms with Crippen molar-refractivity contribution in [3.63, 3.8) is 0 Å². The van der Waals surface area contributed by atoms with Crippen LogP contribution in [0.25, 0.3) is 11.4 Å². The number of aryl methyl sites for hydroxylation is 2. The lowest BCUT2D eigenvalue weighted by Crippen LogP contribution is -2.32. The molecule has 1 aliphatic rings. The zero-order valence-corrected chi connectivity index (χ0v) is 13.7. The Kier molecular flexibility index (Phi) is 4.36. The van der Waals surface area contributed by atoms with Crippen molar-refractivity contribution in [2.75, 3.05) is 13.1 Å². The van der Waals surface area contributed by atoms with Gasteiger partial charge >= 0.3 is 0 Å². The molecule has 1 atom stereocenters. The fourth-order valence-electron chi connectivity index (χ4n) is 3.11. The van der Waals surface area contributed by atoms with Gasteiger partial charge in [0, 0.05) is 37.1 Å². The highest BCUT2D eigenvalue weighted by Crippen LogP contribution is 2.23. The van der Waals surface area contributed by atoms with Gasteiger partial charge in [-0.15, -0.1) is 0 Å². The van der Waals surface area contributed by atoms with Crippen molar-refractivity contribution in [2.45, 2.75) is 26.3 Å². The van der Waals surface area contributed by atoms with Gasteiger partial charge in [-0.2, -0.15) is 0 Å². The second kappa shape index (κ2) is 6.26. The van der Waals surface area contributed by atoms with Crippen molar-refractivity contribution in [3.8, 4) is 11.4 Å². The molecule has 0 saturated carbocycles. The molecule has 1 unspecified atom stereocenters. The van der Waals surface area contributed by atoms with Crippen molar-refractivity contribution in [1.82, 2.24) is 19.4 Å². The molecule has 0 aliphatic carbocycles. The molecule has 0 bridgehead atoms. The number of nitrogens with one attached hydrogen (secondary N) is 1. The highest BCUT2D eigenvalue weighted by Gasteiger charge is 2.17. The van der Waals surface area contributed by atoms with Gasteiger partial charge in [-0.05, 0) is 44.8 Å². The van der Waals surface area contributed by atoms with Crippen LogP contribution in [0.5, 0.6) is 0 Å². The molecule has 1 saturated heterocycles. The topological polar surface area (TPSA) is 51.9 Å². The van der Waals surface area contributed by atoms with Gasteiger partial charge in [-0.1, -0.05) is 11.6 Å². The summed E-state index contributed by atoms with van der Waals surface area (Å²) in [6.07, 6.45) is 6.13. The quantitative estimate of drug-likeness (QED) is 0.943. The van der Waals surface area contributed by atoms with E-state index >= 15 is 0 Å². The van der Waals surface area contributed by atoms with Crippen LogP contribution in [0.3, 0.4) is 0 Å². The van der Waals surface area contributed by atoms with E-state index in [0.717, 1.165) is 31.0 Å². The van der Waals surface area contributed by atoms with Crippen molar-refractivity contribution in [3.05, 3.63) is 39.5 Å². The van der Waals surface area contributed by atoms with Crippen LogP contribution in [0.15, 0.2) is 23.3 Å². The van der Waals surface area contributed by atoms with E-state index < -0.39 is 0 Å². The van der Waals surface area contributed by atoms with Gasteiger partial charge in [0.2, 0.25) is 0 Å². The molecule has 2 aromatic rings. The molecule has 0 amide bonds. The minimum Gasteiger partial charge on any atom is -0.329 e. The van der Waals surface area contributed by atoms with E-state index in [1.54, 1.807) is 11.6 Å². The van der Waals surface area contributed by atoms with Gasteiger partial charge in [-0.25, -0.2) is 4.98 Å². The van der Waals surface area contributed by atoms with Crippen molar-refractivity contribution < 1.29 is 0 Å². The van der Waals surface area contributed by atoms with E-state index in [2.05, 4.69) is 14.9 Å². The Morgan fingerprint density at radius 3 is 2.95 bits per heavy atom. The number of aromatic nitrogens is 3. The largest absolute Gasteiger partial charge is 0.329 e. The summed E-state index contributed by atoms with van der Waals surface area (Å²) in [7, 11) is 1.76. The first-order valence-electron chi connectivity index (χ1n) is 7.65. The van der Waals surface area contributed by atoms with Gasteiger partial charge < -0.3 is 14.5 Å². The Hall–Kier alpha value is -1.59. The lowest BCUT2D eigenvalue weighted by Gasteiger charge is -2.23. The third kappa shape index (κ3) is 3.10. The SMILES string of the molecule is Cc1cc(-c2nc(Cl)cn2CC2CCCNC2)cn(C)c1=O. The maximum absolute atomic E-state index is 11.9. The molecular weight excluding hydrogens is 300 g/mol. The average Bonchev–Trinajstić information content (AvgIpc) is 2.86. The summed E-state index contributed by atoms with van der Waals surface area (Å²) in [5, 5.41) is 3.93. The van der Waals surface area contributed by atoms with E-state index in [1.807, 2.05) is 25.4 Å². The predicted octanol–water partition coefficient (Wildman–Crippen LogP) is 2.21. The van der Waals surface area contributed by atoms with E-state index in [1.165, 1.54) is 12.8 Å². The van der Waals surface area contributed by atoms with Crippen LogP contribution in [0.4, 0.5) is 0 Å². The maximum Gasteiger partial charge on any atom is 0.253 e. The summed E-state index contributed by atoms with van der Waals surface area (Å²) in [5.41, 5.74) is 1.66. The Balaban J connectivity index is 1.95. The summed E-state index contributed by atoms with van der Waals surface area (Å²) in [6.45, 7) is 4.85. The summed E-state index contributed by atoms with van der Waals surface area (Å²) in [5.74, 6) is 1.42. The first kappa shape index (κ1) is 15.3. The number of hydrogen-bond acceptors (Lipinski definition) is 3. The van der Waals surface area contributed by atoms with Gasteiger partial charge in [0.1, 0.15) is 11.0 Å². The standard InChI is InChI=1S/C16H21ClN4O/c1-11-6-13(9-20(2)16(11)22)15-19-14(17)10-21(15)8-12-4-3-5-18-7-12/h6,9-10,12,18H,3-5,7-8H2,1-2H3. The van der Waals surface area contributed by atoms with Crippen molar-refractivity contribution in [2.24, 2.45) is 13.0 Å². The molecule has 22 heavy (non-hydrogen) atoms. The molecule has 2 aromatic heterocycles. The summed E-state index contributed by atoms with van der Waals surface area (Å²) < 4.78 is 3.71. The predicted molar refractivity (Wildman–Crippen MR) is 88.2 cm³/mol. The van der Waals surface area contributed by atoms with Crippen LogP contribution in [0.2, 0.25) is 5.15 Å². The summed E-state index contributed by atoms with van der Waals surface area (Å²) in [4.78, 5) is 16.3. The Morgan fingerprint density at radius 1 is 1.45 bits per heavy atom. The van der Waals surface area contributed by atoms with Crippen LogP contribution >= 0.6 is 11.6 Å². The van der Waals surface area contributed by atoms with Crippen LogP contribution in [0, 0.1) is 12.8 Å². The number of nitrogens with zero attached hydrogens (tertiary/aromatic N) is 3. The van der Waals surface area contributed by atoms with Crippen LogP contribution < -0.4 is 10.9 Å². The van der Waals surface area contributed by atoms with Crippen molar-refractivity contribution in [1.29, 1.82) is 0 Å². The Morgan fingerprint density at radius 2 is 2.27 bits per heavy atom. The zero-order chi connectivity index (χ0) is 15.7. The van der Waals surface area contributed by atoms with Crippen molar-refractivity contribution >= 4 is 11.6 Å². The normalized spacial score (nSPS) is 18.6. The fourth-order valence-corrected chi connectivity index (χ4v) is 3.31. The molecule has 6 heteroatoms. The molecule has 1 aliphatic heterocycles. The Bertz CT molecular complexity index is 702. The fraction of sp³-hybridized carbons (Fsp3) is 0.500. The second-order valence-corrected chi connectivity index (χ2v) is 6.47.